The molecule has 0 saturated heterocycles. The SMILES string of the molecule is COc1c(O)c(O)c2c(c1O)-c1nc(C=C3C=Nc4ccccc43)c(O)n1C(C(=O)N[C@@H](CC(CO)CO)C(=O)O)C2. The van der Waals surface area contributed by atoms with Crippen LogP contribution >= 0.6 is 0 Å². The van der Waals surface area contributed by atoms with Crippen molar-refractivity contribution in [1.29, 1.82) is 0 Å². The standard InChI is InChI=1S/C28H28N4O10/c1-42-24-22(36)20-15(21(35)23(24)37)8-19(26(38)31-18(28(40)41)6-12(10-33)11-34)32-25(20)30-17(27(32)39)7-13-9-29-16-5-3-2-4-14(13)16/h2-5,7,9,12,18-19,33-37,39H,6,8,10-11H2,1H3,(H,31,38)(H,40,41)/t18-,19?/m0/s1. The highest BCUT2D eigenvalue weighted by atomic mass is 16.5. The average Bonchev–Trinajstić information content (AvgIpc) is 3.54. The monoisotopic (exact) mass is 580 g/mol. The molecule has 2 aliphatic heterocycles. The van der Waals surface area contributed by atoms with E-state index in [1.54, 1.807) is 12.3 Å². The summed E-state index contributed by atoms with van der Waals surface area (Å²) in [6.45, 7) is -1.03. The van der Waals surface area contributed by atoms with E-state index in [2.05, 4.69) is 15.3 Å². The number of aliphatic imine (C=N–C) groups is 1. The van der Waals surface area contributed by atoms with Crippen LogP contribution in [0.3, 0.4) is 0 Å². The number of ether oxygens (including phenoxy) is 1. The molecule has 2 aliphatic rings. The van der Waals surface area contributed by atoms with E-state index in [0.717, 1.165) is 17.2 Å². The molecule has 0 spiro atoms. The Hall–Kier alpha value is -5.08. The van der Waals surface area contributed by atoms with Gasteiger partial charge in [0.1, 0.15) is 23.6 Å². The van der Waals surface area contributed by atoms with Crippen molar-refractivity contribution in [2.24, 2.45) is 10.9 Å². The zero-order chi connectivity index (χ0) is 30.3. The first-order valence-corrected chi connectivity index (χ1v) is 12.9. The number of nitrogens with one attached hydrogen (secondary N) is 1. The number of para-hydroxylation sites is 1. The number of imidazole rings is 1. The van der Waals surface area contributed by atoms with E-state index < -0.39 is 78.4 Å². The zero-order valence-corrected chi connectivity index (χ0v) is 22.2. The Bertz CT molecular complexity index is 1640. The molecule has 0 bridgehead atoms. The Morgan fingerprint density at radius 2 is 1.83 bits per heavy atom. The first-order chi connectivity index (χ1) is 20.1. The van der Waals surface area contributed by atoms with Gasteiger partial charge < -0.3 is 45.8 Å². The molecule has 0 radical (unpaired) electrons. The molecular formula is C28H28N4O10. The minimum atomic E-state index is -1.52. The summed E-state index contributed by atoms with van der Waals surface area (Å²) in [4.78, 5) is 34.3. The van der Waals surface area contributed by atoms with Crippen LogP contribution in [0.25, 0.3) is 23.0 Å². The summed E-state index contributed by atoms with van der Waals surface area (Å²) in [5.74, 6) is -6.34. The number of hydrogen-bond donors (Lipinski definition) is 8. The van der Waals surface area contributed by atoms with Crippen LogP contribution in [0.15, 0.2) is 29.3 Å². The molecule has 1 aromatic heterocycles. The number of nitrogens with zero attached hydrogens (tertiary/aromatic N) is 3. The molecule has 2 atom stereocenters. The van der Waals surface area contributed by atoms with Gasteiger partial charge >= 0.3 is 5.97 Å². The van der Waals surface area contributed by atoms with Gasteiger partial charge in [0.2, 0.25) is 23.3 Å². The Kier molecular flexibility index (Phi) is 7.49. The fourth-order valence-corrected chi connectivity index (χ4v) is 5.21. The van der Waals surface area contributed by atoms with Crippen LogP contribution < -0.4 is 10.1 Å². The van der Waals surface area contributed by atoms with Crippen molar-refractivity contribution in [2.45, 2.75) is 24.9 Å². The van der Waals surface area contributed by atoms with Crippen molar-refractivity contribution in [3.63, 3.8) is 0 Å². The molecule has 1 unspecified atom stereocenters. The largest absolute Gasteiger partial charge is 0.504 e. The molecule has 0 fully saturated rings. The molecule has 0 aliphatic carbocycles. The summed E-state index contributed by atoms with van der Waals surface area (Å²) in [6, 6.07) is 4.33. The number of carboxylic acids is 1. The van der Waals surface area contributed by atoms with E-state index in [1.165, 1.54) is 6.08 Å². The number of aliphatic hydroxyl groups excluding tert-OH is 2. The second-order valence-electron chi connectivity index (χ2n) is 9.91. The van der Waals surface area contributed by atoms with Crippen molar-refractivity contribution >= 4 is 35.4 Å². The lowest BCUT2D eigenvalue weighted by Gasteiger charge is -2.30. The number of carbonyl (C=O) groups is 2. The number of allylic oxidation sites excluding steroid dienone is 1. The summed E-state index contributed by atoms with van der Waals surface area (Å²) < 4.78 is 6.15. The Labute approximate surface area is 238 Å². The van der Waals surface area contributed by atoms with Gasteiger partial charge in [-0.05, 0) is 18.6 Å². The number of amides is 1. The highest BCUT2D eigenvalue weighted by molar-refractivity contribution is 6.21. The van der Waals surface area contributed by atoms with Gasteiger partial charge in [-0.15, -0.1) is 0 Å². The van der Waals surface area contributed by atoms with Crippen molar-refractivity contribution in [3.05, 3.63) is 41.1 Å². The van der Waals surface area contributed by atoms with Gasteiger partial charge in [-0.1, -0.05) is 18.2 Å². The van der Waals surface area contributed by atoms with Crippen molar-refractivity contribution in [1.82, 2.24) is 14.9 Å². The number of aromatic hydroxyl groups is 4. The highest BCUT2D eigenvalue weighted by Gasteiger charge is 2.40. The summed E-state index contributed by atoms with van der Waals surface area (Å²) >= 11 is 0. The van der Waals surface area contributed by atoms with E-state index >= 15 is 0 Å². The van der Waals surface area contributed by atoms with Gasteiger partial charge in [-0.3, -0.25) is 14.4 Å². The van der Waals surface area contributed by atoms with E-state index in [0.29, 0.717) is 11.3 Å². The molecule has 1 amide bonds. The normalized spacial score (nSPS) is 16.7. The topological polar surface area (TPSA) is 227 Å². The molecular weight excluding hydrogens is 552 g/mol. The maximum absolute atomic E-state index is 13.6. The number of phenols is 3. The quantitative estimate of drug-likeness (QED) is 0.133. The number of aliphatic carboxylic acids is 1. The third-order valence-corrected chi connectivity index (χ3v) is 7.38. The van der Waals surface area contributed by atoms with Gasteiger partial charge in [0.25, 0.3) is 0 Å². The molecule has 14 nitrogen and oxygen atoms in total. The third-order valence-electron chi connectivity index (χ3n) is 7.38. The number of carbonyl (C=O) groups excluding carboxylic acids is 1. The number of methoxy groups -OCH3 is 1. The summed E-state index contributed by atoms with van der Waals surface area (Å²) in [7, 11) is 1.16. The summed E-state index contributed by atoms with van der Waals surface area (Å²) in [6.07, 6.45) is 2.40. The number of rotatable bonds is 9. The van der Waals surface area contributed by atoms with E-state index in [9.17, 15) is 45.3 Å². The number of hydrogen-bond acceptors (Lipinski definition) is 11. The molecule has 2 aromatic carbocycles. The molecule has 3 aromatic rings. The van der Waals surface area contributed by atoms with Crippen LogP contribution in [0.1, 0.15) is 29.3 Å². The number of aromatic nitrogens is 2. The first-order valence-electron chi connectivity index (χ1n) is 12.9. The number of aliphatic hydroxyl groups is 2. The molecule has 220 valence electrons. The fraction of sp³-hybridized carbons (Fsp3) is 0.286. The molecule has 0 saturated carbocycles. The van der Waals surface area contributed by atoms with Gasteiger partial charge in [-0.2, -0.15) is 0 Å². The van der Waals surface area contributed by atoms with E-state index in [-0.39, 0.29) is 29.1 Å². The summed E-state index contributed by atoms with van der Waals surface area (Å²) in [5.41, 5.74) is 1.83. The first kappa shape index (κ1) is 28.4. The third kappa shape index (κ3) is 4.65. The fourth-order valence-electron chi connectivity index (χ4n) is 5.21. The Balaban J connectivity index is 1.65. The lowest BCUT2D eigenvalue weighted by molar-refractivity contribution is -0.143. The lowest BCUT2D eigenvalue weighted by Crippen LogP contribution is -2.46. The smallest absolute Gasteiger partial charge is 0.326 e. The van der Waals surface area contributed by atoms with Gasteiger partial charge in [-0.25, -0.2) is 9.78 Å². The number of fused-ring (bicyclic) bond motifs is 4. The summed E-state index contributed by atoms with van der Waals surface area (Å²) in [5, 5.41) is 74.5. The Morgan fingerprint density at radius 1 is 1.12 bits per heavy atom. The van der Waals surface area contributed by atoms with Crippen LogP contribution in [0.4, 0.5) is 5.69 Å². The molecule has 14 heteroatoms. The number of benzene rings is 2. The second kappa shape index (κ2) is 11.1. The van der Waals surface area contributed by atoms with Crippen LogP contribution in [0, 0.1) is 5.92 Å². The van der Waals surface area contributed by atoms with Crippen LogP contribution in [0.2, 0.25) is 0 Å². The number of phenolic OH excluding ortho intramolecular Hbond substituents is 3. The van der Waals surface area contributed by atoms with Gasteiger partial charge in [0.15, 0.2) is 11.5 Å². The van der Waals surface area contributed by atoms with Crippen LogP contribution in [-0.4, -0.2) is 89.8 Å². The van der Waals surface area contributed by atoms with Crippen molar-refractivity contribution in [2.75, 3.05) is 20.3 Å². The van der Waals surface area contributed by atoms with Gasteiger partial charge in [0.05, 0.1) is 18.4 Å². The highest BCUT2D eigenvalue weighted by Crippen LogP contribution is 2.55. The predicted molar refractivity (Wildman–Crippen MR) is 148 cm³/mol. The van der Waals surface area contributed by atoms with Gasteiger partial charge in [0, 0.05) is 48.5 Å². The predicted octanol–water partition coefficient (Wildman–Crippen LogP) is 1.30. The molecule has 5 rings (SSSR count). The maximum atomic E-state index is 13.6. The molecule has 3 heterocycles. The second-order valence-corrected chi connectivity index (χ2v) is 9.91. The van der Waals surface area contributed by atoms with Crippen molar-refractivity contribution < 1.29 is 50.1 Å². The minimum absolute atomic E-state index is 0.0184. The van der Waals surface area contributed by atoms with E-state index in [1.807, 2.05) is 18.2 Å². The number of carboxylic acid groups (broad SMARTS) is 1. The lowest BCUT2D eigenvalue weighted by atomic mass is 9.91. The van der Waals surface area contributed by atoms with E-state index in [4.69, 9.17) is 4.74 Å². The Morgan fingerprint density at radius 3 is 2.50 bits per heavy atom. The van der Waals surface area contributed by atoms with Crippen molar-refractivity contribution in [3.8, 4) is 40.3 Å². The van der Waals surface area contributed by atoms with Crippen LogP contribution in [-0.2, 0) is 16.0 Å². The minimum Gasteiger partial charge on any atom is -0.504 e. The molecule has 42 heavy (non-hydrogen) atoms. The van der Waals surface area contributed by atoms with Crippen LogP contribution in [0.5, 0.6) is 28.9 Å². The maximum Gasteiger partial charge on any atom is 0.326 e. The molecule has 8 N–H and O–H groups in total. The zero-order valence-electron chi connectivity index (χ0n) is 22.2. The average molecular weight is 581 g/mol.